The van der Waals surface area contributed by atoms with E-state index in [0.29, 0.717) is 10.8 Å². The maximum atomic E-state index is 6.19. The van der Waals surface area contributed by atoms with Gasteiger partial charge in [0.25, 0.3) is 0 Å². The van der Waals surface area contributed by atoms with Crippen molar-refractivity contribution in [2.75, 3.05) is 0 Å². The van der Waals surface area contributed by atoms with Crippen LogP contribution >= 0.6 is 34.7 Å². The first-order valence-corrected chi connectivity index (χ1v) is 11.7. The first-order valence-electron chi connectivity index (χ1n) is 9.46. The van der Waals surface area contributed by atoms with E-state index in [1.165, 1.54) is 5.56 Å². The predicted molar refractivity (Wildman–Crippen MR) is 123 cm³/mol. The van der Waals surface area contributed by atoms with Crippen molar-refractivity contribution in [2.45, 2.75) is 30.9 Å². The van der Waals surface area contributed by atoms with Gasteiger partial charge in [-0.15, -0.1) is 21.5 Å². The van der Waals surface area contributed by atoms with Gasteiger partial charge in [0.2, 0.25) is 0 Å². The molecule has 0 N–H and O–H groups in total. The maximum Gasteiger partial charge on any atom is 0.191 e. The molecule has 4 rings (SSSR count). The maximum absolute atomic E-state index is 6.19. The summed E-state index contributed by atoms with van der Waals surface area (Å²) in [7, 11) is 1.95. The predicted octanol–water partition coefficient (Wildman–Crippen LogP) is 6.33. The first kappa shape index (κ1) is 20.9. The molecule has 5 nitrogen and oxygen atoms in total. The van der Waals surface area contributed by atoms with E-state index in [-0.39, 0.29) is 6.10 Å². The van der Waals surface area contributed by atoms with E-state index in [1.807, 2.05) is 36.7 Å². The molecule has 0 spiro atoms. The van der Waals surface area contributed by atoms with Crippen molar-refractivity contribution < 1.29 is 4.74 Å². The summed E-state index contributed by atoms with van der Waals surface area (Å²) in [4.78, 5) is 4.76. The Morgan fingerprint density at radius 1 is 1.13 bits per heavy atom. The lowest BCUT2D eigenvalue weighted by Gasteiger charge is -2.15. The van der Waals surface area contributed by atoms with Gasteiger partial charge in [-0.3, -0.25) is 0 Å². The summed E-state index contributed by atoms with van der Waals surface area (Å²) in [6.45, 7) is 4.03. The standard InChI is InChI=1S/C22H21ClN4OS2/c1-14-8-10-16(11-9-14)21-24-17(12-29-21)13-30-22-26-25-20(27(22)3)15(2)28-19-7-5-4-6-18(19)23/h4-12,15H,13H2,1-3H3. The highest BCUT2D eigenvalue weighted by molar-refractivity contribution is 7.98. The van der Waals surface area contributed by atoms with E-state index in [4.69, 9.17) is 21.3 Å². The van der Waals surface area contributed by atoms with Gasteiger partial charge in [-0.05, 0) is 26.0 Å². The number of ether oxygens (including phenoxy) is 1. The lowest BCUT2D eigenvalue weighted by molar-refractivity contribution is 0.211. The molecule has 0 aliphatic rings. The molecule has 0 saturated carbocycles. The van der Waals surface area contributed by atoms with E-state index in [0.717, 1.165) is 33.0 Å². The molecule has 1 unspecified atom stereocenters. The summed E-state index contributed by atoms with van der Waals surface area (Å²) in [5.74, 6) is 2.11. The van der Waals surface area contributed by atoms with Gasteiger partial charge >= 0.3 is 0 Å². The summed E-state index contributed by atoms with van der Waals surface area (Å²) < 4.78 is 7.93. The normalized spacial score (nSPS) is 12.1. The monoisotopic (exact) mass is 456 g/mol. The van der Waals surface area contributed by atoms with Crippen LogP contribution in [0.3, 0.4) is 0 Å². The topological polar surface area (TPSA) is 52.8 Å². The van der Waals surface area contributed by atoms with Gasteiger partial charge < -0.3 is 9.30 Å². The van der Waals surface area contributed by atoms with Gasteiger partial charge in [-0.1, -0.05) is 65.3 Å². The Kier molecular flexibility index (Phi) is 6.41. The zero-order chi connectivity index (χ0) is 21.1. The van der Waals surface area contributed by atoms with Crippen molar-refractivity contribution in [3.05, 3.63) is 76.0 Å². The van der Waals surface area contributed by atoms with E-state index >= 15 is 0 Å². The number of hydrogen-bond donors (Lipinski definition) is 0. The molecule has 0 aliphatic carbocycles. The van der Waals surface area contributed by atoms with Crippen LogP contribution < -0.4 is 4.74 Å². The molecule has 2 aromatic heterocycles. The highest BCUT2D eigenvalue weighted by atomic mass is 35.5. The van der Waals surface area contributed by atoms with E-state index in [2.05, 4.69) is 46.8 Å². The number of rotatable bonds is 7. The van der Waals surface area contributed by atoms with Crippen LogP contribution in [0.15, 0.2) is 59.1 Å². The molecule has 0 amide bonds. The molecule has 30 heavy (non-hydrogen) atoms. The number of thiazole rings is 1. The Balaban J connectivity index is 1.41. The number of thioether (sulfide) groups is 1. The summed E-state index contributed by atoms with van der Waals surface area (Å²) in [6.07, 6.45) is -0.274. The Bertz CT molecular complexity index is 1140. The number of hydrogen-bond acceptors (Lipinski definition) is 6. The second kappa shape index (κ2) is 9.20. The molecule has 2 heterocycles. The van der Waals surface area contributed by atoms with Gasteiger partial charge in [0.1, 0.15) is 10.8 Å². The van der Waals surface area contributed by atoms with Crippen LogP contribution in [0.2, 0.25) is 5.02 Å². The molecular weight excluding hydrogens is 436 g/mol. The smallest absolute Gasteiger partial charge is 0.191 e. The van der Waals surface area contributed by atoms with E-state index in [9.17, 15) is 0 Å². The van der Waals surface area contributed by atoms with E-state index < -0.39 is 0 Å². The van der Waals surface area contributed by atoms with Crippen molar-refractivity contribution in [1.29, 1.82) is 0 Å². The molecule has 4 aromatic rings. The molecule has 0 saturated heterocycles. The lowest BCUT2D eigenvalue weighted by atomic mass is 10.2. The van der Waals surface area contributed by atoms with Crippen molar-refractivity contribution in [3.63, 3.8) is 0 Å². The summed E-state index contributed by atoms with van der Waals surface area (Å²) in [5.41, 5.74) is 3.43. The third-order valence-corrected chi connectivity index (χ3v) is 6.88. The average Bonchev–Trinajstić information content (AvgIpc) is 3.35. The molecule has 0 aliphatic heterocycles. The molecule has 0 bridgehead atoms. The largest absolute Gasteiger partial charge is 0.481 e. The second-order valence-electron chi connectivity index (χ2n) is 6.89. The van der Waals surface area contributed by atoms with Crippen molar-refractivity contribution in [2.24, 2.45) is 7.05 Å². The van der Waals surface area contributed by atoms with Crippen molar-refractivity contribution in [1.82, 2.24) is 19.7 Å². The third kappa shape index (κ3) is 4.69. The fourth-order valence-corrected chi connectivity index (χ4v) is 4.85. The van der Waals surface area contributed by atoms with Crippen LogP contribution in [-0.2, 0) is 12.8 Å². The molecular formula is C22H21ClN4OS2. The number of halogens is 1. The van der Waals surface area contributed by atoms with Crippen LogP contribution in [0.5, 0.6) is 5.75 Å². The van der Waals surface area contributed by atoms with Crippen LogP contribution in [-0.4, -0.2) is 19.7 Å². The quantitative estimate of drug-likeness (QED) is 0.304. The molecule has 154 valence electrons. The number of para-hydroxylation sites is 1. The van der Waals surface area contributed by atoms with Gasteiger partial charge in [-0.25, -0.2) is 4.98 Å². The van der Waals surface area contributed by atoms with Crippen LogP contribution in [0, 0.1) is 6.92 Å². The van der Waals surface area contributed by atoms with Crippen molar-refractivity contribution >= 4 is 34.7 Å². The highest BCUT2D eigenvalue weighted by Crippen LogP contribution is 2.30. The Morgan fingerprint density at radius 2 is 1.90 bits per heavy atom. The van der Waals surface area contributed by atoms with Crippen LogP contribution in [0.25, 0.3) is 10.6 Å². The zero-order valence-electron chi connectivity index (χ0n) is 16.9. The van der Waals surface area contributed by atoms with Crippen LogP contribution in [0.4, 0.5) is 0 Å². The Morgan fingerprint density at radius 3 is 2.67 bits per heavy atom. The Hall–Kier alpha value is -2.35. The number of benzene rings is 2. The Labute approximate surface area is 189 Å². The summed E-state index contributed by atoms with van der Waals surface area (Å²) >= 11 is 9.47. The van der Waals surface area contributed by atoms with Gasteiger partial charge in [0.05, 0.1) is 10.7 Å². The fourth-order valence-electron chi connectivity index (χ4n) is 2.93. The lowest BCUT2D eigenvalue weighted by Crippen LogP contribution is -2.10. The second-order valence-corrected chi connectivity index (χ2v) is 9.10. The first-order chi connectivity index (χ1) is 14.5. The number of aryl methyl sites for hydroxylation is 1. The van der Waals surface area contributed by atoms with Gasteiger partial charge in [-0.2, -0.15) is 0 Å². The highest BCUT2D eigenvalue weighted by Gasteiger charge is 2.18. The minimum atomic E-state index is -0.274. The molecule has 8 heteroatoms. The zero-order valence-corrected chi connectivity index (χ0v) is 19.3. The summed E-state index contributed by atoms with van der Waals surface area (Å²) in [6, 6.07) is 15.9. The van der Waals surface area contributed by atoms with Crippen molar-refractivity contribution in [3.8, 4) is 16.3 Å². The van der Waals surface area contributed by atoms with Crippen LogP contribution in [0.1, 0.15) is 30.1 Å². The summed E-state index contributed by atoms with van der Waals surface area (Å²) in [5, 5.41) is 13.2. The average molecular weight is 457 g/mol. The third-order valence-electron chi connectivity index (χ3n) is 4.57. The molecule has 0 fully saturated rings. The number of aromatic nitrogens is 4. The minimum absolute atomic E-state index is 0.274. The minimum Gasteiger partial charge on any atom is -0.481 e. The molecule has 2 aromatic carbocycles. The fraction of sp³-hybridized carbons (Fsp3) is 0.227. The van der Waals surface area contributed by atoms with Gasteiger partial charge in [0, 0.05) is 23.7 Å². The van der Waals surface area contributed by atoms with Gasteiger partial charge in [0.15, 0.2) is 17.1 Å². The SMILES string of the molecule is Cc1ccc(-c2nc(CSc3nnc(C(C)Oc4ccccc4Cl)n3C)cs2)cc1. The molecule has 1 atom stereocenters. The number of nitrogens with zero attached hydrogens (tertiary/aromatic N) is 4. The molecule has 0 radical (unpaired) electrons. The van der Waals surface area contributed by atoms with E-state index in [1.54, 1.807) is 29.2 Å².